The first kappa shape index (κ1) is 31.4. The van der Waals surface area contributed by atoms with Crippen LogP contribution in [0.2, 0.25) is 0 Å². The van der Waals surface area contributed by atoms with E-state index >= 15 is 0 Å². The number of furan rings is 1. The predicted octanol–water partition coefficient (Wildman–Crippen LogP) is 14.5. The van der Waals surface area contributed by atoms with Crippen LogP contribution < -0.4 is 0 Å². The summed E-state index contributed by atoms with van der Waals surface area (Å²) in [6.07, 6.45) is 0. The second kappa shape index (κ2) is 11.8. The van der Waals surface area contributed by atoms with Gasteiger partial charge in [-0.25, -0.2) is 0 Å². The molecule has 4 nitrogen and oxygen atoms in total. The summed E-state index contributed by atoms with van der Waals surface area (Å²) in [4.78, 5) is 0. The molecule has 58 heavy (non-hydrogen) atoms. The minimum absolute atomic E-state index is 0.870. The van der Waals surface area contributed by atoms with Gasteiger partial charge in [-0.05, 0) is 83.9 Å². The van der Waals surface area contributed by atoms with Crippen molar-refractivity contribution in [1.82, 2.24) is 13.7 Å². The van der Waals surface area contributed by atoms with Crippen LogP contribution in [0.4, 0.5) is 0 Å². The van der Waals surface area contributed by atoms with Crippen LogP contribution in [0.3, 0.4) is 0 Å². The summed E-state index contributed by atoms with van der Waals surface area (Å²) in [5.41, 5.74) is 14.5. The Morgan fingerprint density at radius 1 is 0.276 bits per heavy atom. The lowest BCUT2D eigenvalue weighted by atomic mass is 10.0. The fourth-order valence-corrected chi connectivity index (χ4v) is 9.78. The smallest absolute Gasteiger partial charge is 0.139 e. The van der Waals surface area contributed by atoms with Crippen molar-refractivity contribution in [2.45, 2.75) is 0 Å². The highest BCUT2D eigenvalue weighted by Crippen LogP contribution is 2.47. The first-order valence-electron chi connectivity index (χ1n) is 19.9. The molecule has 0 spiro atoms. The van der Waals surface area contributed by atoms with Crippen LogP contribution >= 0.6 is 0 Å². The van der Waals surface area contributed by atoms with E-state index in [9.17, 15) is 0 Å². The summed E-state index contributed by atoms with van der Waals surface area (Å²) in [6.45, 7) is 0. The van der Waals surface area contributed by atoms with Gasteiger partial charge in [-0.2, -0.15) is 0 Å². The second-order valence-corrected chi connectivity index (χ2v) is 15.3. The lowest BCUT2D eigenvalue weighted by Gasteiger charge is -2.14. The summed E-state index contributed by atoms with van der Waals surface area (Å²) in [6, 6.07) is 72.4. The molecule has 0 aliphatic carbocycles. The minimum atomic E-state index is 0.870. The number of para-hydroxylation sites is 6. The van der Waals surface area contributed by atoms with E-state index in [1.165, 1.54) is 54.5 Å². The van der Waals surface area contributed by atoms with Crippen molar-refractivity contribution < 1.29 is 4.42 Å². The Morgan fingerprint density at radius 3 is 1.34 bits per heavy atom. The molecule has 13 rings (SSSR count). The van der Waals surface area contributed by atoms with Crippen molar-refractivity contribution in [3.8, 4) is 28.2 Å². The number of aromatic nitrogens is 3. The molecule has 270 valence electrons. The van der Waals surface area contributed by atoms with Gasteiger partial charge in [0.1, 0.15) is 11.2 Å². The normalized spacial score (nSPS) is 12.1. The molecule has 13 aromatic rings. The summed E-state index contributed by atoms with van der Waals surface area (Å²) < 4.78 is 14.0. The van der Waals surface area contributed by atoms with Crippen LogP contribution in [0.5, 0.6) is 0 Å². The number of nitrogens with zero attached hydrogens (tertiary/aromatic N) is 3. The van der Waals surface area contributed by atoms with Crippen LogP contribution in [-0.2, 0) is 0 Å². The monoisotopic (exact) mass is 739 g/mol. The Hall–Kier alpha value is -7.82. The van der Waals surface area contributed by atoms with E-state index in [2.05, 4.69) is 214 Å². The lowest BCUT2D eigenvalue weighted by Crippen LogP contribution is -1.98. The third-order valence-electron chi connectivity index (χ3n) is 12.2. The molecule has 0 radical (unpaired) electrons. The standard InChI is InChI=1S/C54H33N3O/c1-3-15-36(16-4-1)55-44-23-11-7-19-38(44)42-31-34(27-29-47(42)55)35-28-30-48-43(32-35)39-20-8-12-24-45(39)57(48)54-52-40-21-9-13-25-46(40)56(37-17-5-2-6-18-37)49(52)33-51-53(54)41-22-10-14-26-50(41)58-51/h1-33H. The first-order chi connectivity index (χ1) is 28.8. The molecule has 0 atom stereocenters. The van der Waals surface area contributed by atoms with Gasteiger partial charge in [0.2, 0.25) is 0 Å². The highest BCUT2D eigenvalue weighted by atomic mass is 16.3. The number of hydrogen-bond acceptors (Lipinski definition) is 1. The molecule has 0 saturated heterocycles. The summed E-state index contributed by atoms with van der Waals surface area (Å²) in [5, 5.41) is 9.55. The van der Waals surface area contributed by atoms with E-state index in [0.717, 1.165) is 61.1 Å². The minimum Gasteiger partial charge on any atom is -0.456 e. The first-order valence-corrected chi connectivity index (χ1v) is 19.9. The van der Waals surface area contributed by atoms with Crippen LogP contribution in [-0.4, -0.2) is 13.7 Å². The molecule has 0 unspecified atom stereocenters. The van der Waals surface area contributed by atoms with E-state index in [1.807, 2.05) is 0 Å². The van der Waals surface area contributed by atoms with Gasteiger partial charge >= 0.3 is 0 Å². The highest BCUT2D eigenvalue weighted by molar-refractivity contribution is 6.26. The van der Waals surface area contributed by atoms with Crippen molar-refractivity contribution in [1.29, 1.82) is 0 Å². The Labute approximate surface area is 332 Å². The van der Waals surface area contributed by atoms with Gasteiger partial charge in [0.15, 0.2) is 0 Å². The van der Waals surface area contributed by atoms with Crippen LogP contribution in [0.25, 0.3) is 116 Å². The quantitative estimate of drug-likeness (QED) is 0.177. The van der Waals surface area contributed by atoms with Crippen molar-refractivity contribution >= 4 is 87.4 Å². The third kappa shape index (κ3) is 4.29. The van der Waals surface area contributed by atoms with Gasteiger partial charge < -0.3 is 18.1 Å². The second-order valence-electron chi connectivity index (χ2n) is 15.3. The molecule has 0 saturated carbocycles. The van der Waals surface area contributed by atoms with Gasteiger partial charge in [0.05, 0.1) is 44.2 Å². The fourth-order valence-electron chi connectivity index (χ4n) is 9.78. The van der Waals surface area contributed by atoms with Crippen LogP contribution in [0, 0.1) is 0 Å². The van der Waals surface area contributed by atoms with Crippen LogP contribution in [0.15, 0.2) is 205 Å². The molecule has 0 N–H and O–H groups in total. The average molecular weight is 740 g/mol. The molecule has 4 heterocycles. The topological polar surface area (TPSA) is 27.9 Å². The molecule has 0 fully saturated rings. The Morgan fingerprint density at radius 2 is 0.724 bits per heavy atom. The Bertz CT molecular complexity index is 3790. The molecule has 0 aliphatic rings. The summed E-state index contributed by atoms with van der Waals surface area (Å²) in [5.74, 6) is 0. The van der Waals surface area contributed by atoms with Crippen molar-refractivity contribution in [3.05, 3.63) is 200 Å². The zero-order valence-electron chi connectivity index (χ0n) is 31.3. The number of rotatable bonds is 4. The Kier molecular flexibility index (Phi) is 6.41. The zero-order valence-corrected chi connectivity index (χ0v) is 31.3. The van der Waals surface area contributed by atoms with Crippen LogP contribution in [0.1, 0.15) is 0 Å². The van der Waals surface area contributed by atoms with E-state index in [1.54, 1.807) is 0 Å². The van der Waals surface area contributed by atoms with E-state index in [0.29, 0.717) is 0 Å². The van der Waals surface area contributed by atoms with E-state index in [-0.39, 0.29) is 0 Å². The largest absolute Gasteiger partial charge is 0.456 e. The molecule has 0 aliphatic heterocycles. The van der Waals surface area contributed by atoms with Crippen molar-refractivity contribution in [2.24, 2.45) is 0 Å². The van der Waals surface area contributed by atoms with Gasteiger partial charge in [-0.15, -0.1) is 0 Å². The number of fused-ring (bicyclic) bond motifs is 12. The van der Waals surface area contributed by atoms with Gasteiger partial charge in [0, 0.05) is 55.1 Å². The molecule has 4 heteroatoms. The SMILES string of the molecule is c1ccc(-n2c3ccccc3c3cc(-c4ccc5c(c4)c4ccccc4n5-c4c5c(cc6c4c4ccccc4n6-c4ccccc4)oc4ccccc45)ccc32)cc1. The zero-order chi connectivity index (χ0) is 37.9. The maximum Gasteiger partial charge on any atom is 0.139 e. The lowest BCUT2D eigenvalue weighted by molar-refractivity contribution is 0.669. The average Bonchev–Trinajstić information content (AvgIpc) is 4.02. The van der Waals surface area contributed by atoms with E-state index < -0.39 is 0 Å². The van der Waals surface area contributed by atoms with Gasteiger partial charge in [0.25, 0.3) is 0 Å². The summed E-state index contributed by atoms with van der Waals surface area (Å²) in [7, 11) is 0. The van der Waals surface area contributed by atoms with Crippen molar-refractivity contribution in [3.63, 3.8) is 0 Å². The van der Waals surface area contributed by atoms with E-state index in [4.69, 9.17) is 4.42 Å². The highest BCUT2D eigenvalue weighted by Gasteiger charge is 2.25. The maximum atomic E-state index is 6.75. The number of benzene rings is 9. The fraction of sp³-hybridized carbons (Fsp3) is 0. The molecule has 9 aromatic carbocycles. The predicted molar refractivity (Wildman–Crippen MR) is 242 cm³/mol. The molecular formula is C54H33N3O. The third-order valence-corrected chi connectivity index (χ3v) is 12.2. The number of hydrogen-bond donors (Lipinski definition) is 0. The summed E-state index contributed by atoms with van der Waals surface area (Å²) >= 11 is 0. The van der Waals surface area contributed by atoms with Gasteiger partial charge in [-0.3, -0.25) is 0 Å². The molecule has 0 bridgehead atoms. The molecule has 4 aromatic heterocycles. The molecular weight excluding hydrogens is 707 g/mol. The Balaban J connectivity index is 1.12. The maximum absolute atomic E-state index is 6.75. The van der Waals surface area contributed by atoms with Crippen molar-refractivity contribution in [2.75, 3.05) is 0 Å². The van der Waals surface area contributed by atoms with Gasteiger partial charge in [-0.1, -0.05) is 121 Å². The molecule has 0 amide bonds.